The first-order chi connectivity index (χ1) is 12.3. The van der Waals surface area contributed by atoms with Crippen molar-refractivity contribution in [1.29, 1.82) is 0 Å². The number of aromatic nitrogens is 2. The van der Waals surface area contributed by atoms with Gasteiger partial charge in [-0.05, 0) is 38.2 Å². The Kier molecular flexibility index (Phi) is 4.18. The van der Waals surface area contributed by atoms with Crippen molar-refractivity contribution in [3.05, 3.63) is 47.1 Å². The first-order valence-electron chi connectivity index (χ1n) is 8.29. The van der Waals surface area contributed by atoms with Crippen molar-refractivity contribution in [3.63, 3.8) is 0 Å². The van der Waals surface area contributed by atoms with E-state index < -0.39 is 15.8 Å². The van der Waals surface area contributed by atoms with Gasteiger partial charge in [-0.25, -0.2) is 4.18 Å². The van der Waals surface area contributed by atoms with Crippen LogP contribution in [-0.4, -0.2) is 55.4 Å². The number of anilines is 1. The maximum absolute atomic E-state index is 12.9. The Hall–Kier alpha value is -1.74. The molecular formula is C17H19ClN4O3S. The Morgan fingerprint density at radius 2 is 1.92 bits per heavy atom. The van der Waals surface area contributed by atoms with E-state index in [4.69, 9.17) is 15.8 Å². The number of benzene rings is 1. The molecule has 2 aliphatic heterocycles. The molecule has 0 radical (unpaired) electrons. The van der Waals surface area contributed by atoms with Gasteiger partial charge in [0.25, 0.3) is 10.1 Å². The van der Waals surface area contributed by atoms with Crippen LogP contribution in [0.25, 0.3) is 0 Å². The molecule has 0 spiro atoms. The van der Waals surface area contributed by atoms with Gasteiger partial charge >= 0.3 is 0 Å². The highest BCUT2D eigenvalue weighted by atomic mass is 35.5. The van der Waals surface area contributed by atoms with E-state index in [9.17, 15) is 8.42 Å². The predicted octanol–water partition coefficient (Wildman–Crippen LogP) is 2.06. The Morgan fingerprint density at radius 3 is 2.54 bits per heavy atom. The van der Waals surface area contributed by atoms with Crippen molar-refractivity contribution in [2.24, 2.45) is 0 Å². The summed E-state index contributed by atoms with van der Waals surface area (Å²) in [5, 5.41) is 8.28. The van der Waals surface area contributed by atoms with Crippen LogP contribution in [0.3, 0.4) is 0 Å². The number of nitrogens with zero attached hydrogens (tertiary/aromatic N) is 4. The maximum atomic E-state index is 12.9. The molecule has 2 aromatic rings. The molecule has 0 unspecified atom stereocenters. The van der Waals surface area contributed by atoms with E-state index in [-0.39, 0.29) is 16.1 Å². The lowest BCUT2D eigenvalue weighted by molar-refractivity contribution is 0.0811. The molecule has 0 amide bonds. The largest absolute Gasteiger partial charge is 0.323 e. The zero-order chi connectivity index (χ0) is 18.5. The number of hydrogen-bond acceptors (Lipinski definition) is 7. The average Bonchev–Trinajstić information content (AvgIpc) is 3.09. The fourth-order valence-corrected chi connectivity index (χ4v) is 4.99. The van der Waals surface area contributed by atoms with E-state index in [0.29, 0.717) is 25.3 Å². The molecule has 0 saturated carbocycles. The van der Waals surface area contributed by atoms with Crippen molar-refractivity contribution >= 4 is 27.5 Å². The van der Waals surface area contributed by atoms with Crippen LogP contribution >= 0.6 is 11.6 Å². The van der Waals surface area contributed by atoms with Crippen molar-refractivity contribution in [3.8, 4) is 0 Å². The van der Waals surface area contributed by atoms with E-state index in [1.54, 1.807) is 36.4 Å². The fraction of sp³-hybridized carbons (Fsp3) is 0.412. The monoisotopic (exact) mass is 394 g/mol. The highest BCUT2D eigenvalue weighted by molar-refractivity contribution is 7.86. The summed E-state index contributed by atoms with van der Waals surface area (Å²) in [6, 6.07) is 10.2. The summed E-state index contributed by atoms with van der Waals surface area (Å²) in [7, 11) is -1.95. The molecule has 0 aliphatic carbocycles. The summed E-state index contributed by atoms with van der Waals surface area (Å²) in [6.07, 6.45) is 0.582. The number of likely N-dealkylation sites (tertiary alicyclic amines) is 1. The highest BCUT2D eigenvalue weighted by Crippen LogP contribution is 2.43. The lowest BCUT2D eigenvalue weighted by atomic mass is 10.2. The summed E-state index contributed by atoms with van der Waals surface area (Å²) >= 11 is 5.83. The molecule has 2 atom stereocenters. The molecule has 0 N–H and O–H groups in total. The van der Waals surface area contributed by atoms with Crippen LogP contribution in [0.4, 0.5) is 5.82 Å². The lowest BCUT2D eigenvalue weighted by Crippen LogP contribution is -2.56. The first kappa shape index (κ1) is 17.7. The van der Waals surface area contributed by atoms with Gasteiger partial charge in [-0.2, -0.15) is 8.42 Å². The normalized spacial score (nSPS) is 25.8. The summed E-state index contributed by atoms with van der Waals surface area (Å²) in [4.78, 5) is 4.15. The number of likely N-dealkylation sites (N-methyl/N-ethyl adjacent to an activating group) is 1. The summed E-state index contributed by atoms with van der Waals surface area (Å²) < 4.78 is 31.6. The molecule has 26 heavy (non-hydrogen) atoms. The predicted molar refractivity (Wildman–Crippen MR) is 97.6 cm³/mol. The highest BCUT2D eigenvalue weighted by Gasteiger charge is 2.57. The maximum Gasteiger partial charge on any atom is 0.299 e. The number of aryl methyl sites for hydroxylation is 1. The molecule has 138 valence electrons. The van der Waals surface area contributed by atoms with Crippen LogP contribution in [-0.2, 0) is 14.3 Å². The van der Waals surface area contributed by atoms with Gasteiger partial charge in [-0.15, -0.1) is 10.2 Å². The number of halogens is 1. The minimum atomic E-state index is -3.92. The topological polar surface area (TPSA) is 75.6 Å². The summed E-state index contributed by atoms with van der Waals surface area (Å²) in [5.74, 6) is 0.559. The van der Waals surface area contributed by atoms with Gasteiger partial charge in [0.1, 0.15) is 0 Å². The minimum absolute atomic E-state index is 0.151. The molecule has 7 nitrogen and oxygen atoms in total. The molecule has 9 heteroatoms. The minimum Gasteiger partial charge on any atom is -0.323 e. The SMILES string of the molecule is Cc1ccc(S(=O)(=O)O[C@]23C[C@@H](CN2c2ccc(Cl)nn2)N(C)C3)cc1. The molecule has 3 heterocycles. The Balaban J connectivity index is 1.69. The van der Waals surface area contributed by atoms with E-state index >= 15 is 0 Å². The van der Waals surface area contributed by atoms with Gasteiger partial charge in [0.05, 0.1) is 4.90 Å². The molecule has 2 bridgehead atoms. The Bertz CT molecular complexity index is 916. The zero-order valence-electron chi connectivity index (χ0n) is 14.5. The van der Waals surface area contributed by atoms with Crippen molar-refractivity contribution in [1.82, 2.24) is 15.1 Å². The summed E-state index contributed by atoms with van der Waals surface area (Å²) in [5.41, 5.74) is -0.00671. The molecule has 2 fully saturated rings. The van der Waals surface area contributed by atoms with E-state index in [2.05, 4.69) is 15.1 Å². The standard InChI is InChI=1S/C17H19ClN4O3S/c1-12-3-5-14(6-4-12)26(23,24)25-17-9-13(21(2)11-17)10-22(17)16-8-7-15(18)19-20-16/h3-8,13H,9-11H2,1-2H3/t13-,17-/m0/s1. The third-order valence-electron chi connectivity index (χ3n) is 5.03. The van der Waals surface area contributed by atoms with Gasteiger partial charge in [0, 0.05) is 25.6 Å². The molecule has 1 aromatic carbocycles. The van der Waals surface area contributed by atoms with Crippen molar-refractivity contribution in [2.45, 2.75) is 30.0 Å². The quantitative estimate of drug-likeness (QED) is 0.734. The lowest BCUT2D eigenvalue weighted by Gasteiger charge is -2.40. The third kappa shape index (κ3) is 2.96. The molecule has 2 saturated heterocycles. The van der Waals surface area contributed by atoms with Crippen LogP contribution in [0.2, 0.25) is 5.15 Å². The van der Waals surface area contributed by atoms with Gasteiger partial charge in [-0.3, -0.25) is 4.90 Å². The van der Waals surface area contributed by atoms with Crippen molar-refractivity contribution < 1.29 is 12.6 Å². The Morgan fingerprint density at radius 1 is 1.19 bits per heavy atom. The second-order valence-corrected chi connectivity index (χ2v) is 8.83. The first-order valence-corrected chi connectivity index (χ1v) is 10.1. The van der Waals surface area contributed by atoms with E-state index in [1.165, 1.54) is 0 Å². The number of rotatable bonds is 4. The second kappa shape index (κ2) is 6.16. The molecule has 2 aliphatic rings. The Labute approximate surface area is 157 Å². The molecule has 4 rings (SSSR count). The number of hydrogen-bond donors (Lipinski definition) is 0. The molecular weight excluding hydrogens is 376 g/mol. The van der Waals surface area contributed by atoms with Gasteiger partial charge in [-0.1, -0.05) is 29.3 Å². The van der Waals surface area contributed by atoms with Crippen LogP contribution in [0, 0.1) is 6.92 Å². The zero-order valence-corrected chi connectivity index (χ0v) is 16.0. The van der Waals surface area contributed by atoms with Gasteiger partial charge in [0.2, 0.25) is 0 Å². The fourth-order valence-electron chi connectivity index (χ4n) is 3.70. The van der Waals surface area contributed by atoms with Gasteiger partial charge in [0.15, 0.2) is 16.7 Å². The van der Waals surface area contributed by atoms with Gasteiger partial charge < -0.3 is 4.90 Å². The number of piperazine rings is 1. The van der Waals surface area contributed by atoms with Crippen LogP contribution < -0.4 is 4.90 Å². The number of fused-ring (bicyclic) bond motifs is 2. The van der Waals surface area contributed by atoms with Crippen LogP contribution in [0.15, 0.2) is 41.3 Å². The van der Waals surface area contributed by atoms with Crippen LogP contribution in [0.1, 0.15) is 12.0 Å². The van der Waals surface area contributed by atoms with E-state index in [1.807, 2.05) is 18.9 Å². The average molecular weight is 395 g/mol. The van der Waals surface area contributed by atoms with E-state index in [0.717, 1.165) is 5.56 Å². The van der Waals surface area contributed by atoms with Crippen molar-refractivity contribution in [2.75, 3.05) is 25.0 Å². The molecule has 1 aromatic heterocycles. The van der Waals surface area contributed by atoms with Crippen LogP contribution in [0.5, 0.6) is 0 Å². The smallest absolute Gasteiger partial charge is 0.299 e. The summed E-state index contributed by atoms with van der Waals surface area (Å²) in [6.45, 7) is 2.99. The second-order valence-electron chi connectivity index (χ2n) is 6.89. The third-order valence-corrected chi connectivity index (χ3v) is 6.61.